The average molecular weight is 216 g/mol. The van der Waals surface area contributed by atoms with Crippen molar-refractivity contribution in [1.29, 1.82) is 0 Å². The summed E-state index contributed by atoms with van der Waals surface area (Å²) >= 11 is 0. The topological polar surface area (TPSA) is 97.2 Å². The fraction of sp³-hybridized carbons (Fsp3) is 0.286. The Morgan fingerprint density at radius 1 is 1.50 bits per heavy atom. The lowest BCUT2D eigenvalue weighted by molar-refractivity contribution is 0.0683. The molecule has 1 N–H and O–H groups in total. The third-order valence-corrected chi connectivity index (χ3v) is 2.72. The van der Waals surface area contributed by atoms with E-state index >= 15 is 0 Å². The molecule has 0 bridgehead atoms. The van der Waals surface area contributed by atoms with Gasteiger partial charge in [0.25, 0.3) is 0 Å². The van der Waals surface area contributed by atoms with E-state index in [1.54, 1.807) is 0 Å². The first-order valence-electron chi connectivity index (χ1n) is 3.59. The minimum absolute atomic E-state index is 0.0532. The van der Waals surface area contributed by atoms with Gasteiger partial charge in [-0.1, -0.05) is 0 Å². The summed E-state index contributed by atoms with van der Waals surface area (Å²) in [5.41, 5.74) is 0.139. The summed E-state index contributed by atoms with van der Waals surface area (Å²) < 4.78 is 22.2. The lowest BCUT2D eigenvalue weighted by Crippen LogP contribution is -2.09. The summed E-state index contributed by atoms with van der Waals surface area (Å²) in [4.78, 5) is 17.4. The van der Waals surface area contributed by atoms with Crippen molar-refractivity contribution in [3.8, 4) is 0 Å². The maximum atomic E-state index is 11.1. The monoisotopic (exact) mass is 216 g/mol. The number of carboxylic acids is 1. The van der Waals surface area contributed by atoms with Crippen molar-refractivity contribution in [3.05, 3.63) is 17.7 Å². The van der Waals surface area contributed by atoms with E-state index in [0.29, 0.717) is 0 Å². The van der Waals surface area contributed by atoms with Crippen molar-refractivity contribution >= 4 is 15.8 Å². The molecule has 7 heteroatoms. The maximum absolute atomic E-state index is 11.1. The molecule has 0 aliphatic rings. The molecule has 0 aromatic carbocycles. The summed E-state index contributed by atoms with van der Waals surface area (Å²) in [6.45, 7) is 1.42. The molecule has 6 nitrogen and oxygen atoms in total. The summed E-state index contributed by atoms with van der Waals surface area (Å²) in [6.07, 6.45) is 2.01. The van der Waals surface area contributed by atoms with E-state index in [1.165, 1.54) is 6.92 Å². The Morgan fingerprint density at radius 3 is 2.43 bits per heavy atom. The van der Waals surface area contributed by atoms with Gasteiger partial charge >= 0.3 is 5.97 Å². The number of carboxylic acid groups (broad SMARTS) is 1. The second kappa shape index (κ2) is 3.33. The molecule has 0 spiro atoms. The molecule has 1 aromatic heterocycles. The molecule has 1 heterocycles. The largest absolute Gasteiger partial charge is 0.475 e. The second-order valence-corrected chi connectivity index (χ2v) is 4.70. The lowest BCUT2D eigenvalue weighted by atomic mass is 10.4. The van der Waals surface area contributed by atoms with E-state index in [0.717, 1.165) is 12.5 Å². The summed E-state index contributed by atoms with van der Waals surface area (Å²) in [6, 6.07) is 0. The molecule has 0 unspecified atom stereocenters. The summed E-state index contributed by atoms with van der Waals surface area (Å²) in [5.74, 6) is -1.69. The molecule has 0 saturated carbocycles. The van der Waals surface area contributed by atoms with Crippen LogP contribution in [0, 0.1) is 6.92 Å². The number of rotatable bonds is 2. The highest BCUT2D eigenvalue weighted by molar-refractivity contribution is 7.90. The van der Waals surface area contributed by atoms with Gasteiger partial charge in [0.2, 0.25) is 5.82 Å². The van der Waals surface area contributed by atoms with Gasteiger partial charge in [-0.25, -0.2) is 23.2 Å². The van der Waals surface area contributed by atoms with Gasteiger partial charge in [-0.3, -0.25) is 0 Å². The number of hydrogen-bond acceptors (Lipinski definition) is 5. The third-order valence-electron chi connectivity index (χ3n) is 1.53. The average Bonchev–Trinajstić information content (AvgIpc) is 2.01. The van der Waals surface area contributed by atoms with Crippen LogP contribution in [0.4, 0.5) is 0 Å². The van der Waals surface area contributed by atoms with Crippen LogP contribution in [0.5, 0.6) is 0 Å². The number of aromatic nitrogens is 2. The Bertz CT molecular complexity index is 480. The number of aromatic carboxylic acids is 1. The number of aryl methyl sites for hydroxylation is 1. The van der Waals surface area contributed by atoms with Crippen molar-refractivity contribution < 1.29 is 18.3 Å². The highest BCUT2D eigenvalue weighted by Crippen LogP contribution is 2.10. The van der Waals surface area contributed by atoms with Gasteiger partial charge in [0.05, 0.1) is 11.9 Å². The van der Waals surface area contributed by atoms with Gasteiger partial charge in [-0.15, -0.1) is 0 Å². The molecule has 0 fully saturated rings. The number of nitrogens with zero attached hydrogens (tertiary/aromatic N) is 2. The Kier molecular flexibility index (Phi) is 2.52. The standard InChI is InChI=1S/C7H8N2O4S/c1-4-5(14(2,12)13)3-8-6(9-4)7(10)11/h3H,1-2H3,(H,10,11). The zero-order valence-electron chi connectivity index (χ0n) is 7.55. The van der Waals surface area contributed by atoms with Crippen molar-refractivity contribution in [2.45, 2.75) is 11.8 Å². The quantitative estimate of drug-likeness (QED) is 0.740. The molecular formula is C7H8N2O4S. The molecule has 1 aromatic rings. The molecule has 0 aliphatic carbocycles. The van der Waals surface area contributed by atoms with Crippen LogP contribution < -0.4 is 0 Å². The Labute approximate surface area is 80.5 Å². The van der Waals surface area contributed by atoms with Crippen LogP contribution in [0.3, 0.4) is 0 Å². The fourth-order valence-corrected chi connectivity index (χ4v) is 1.75. The van der Waals surface area contributed by atoms with E-state index in [9.17, 15) is 13.2 Å². The minimum atomic E-state index is -3.39. The number of sulfone groups is 1. The maximum Gasteiger partial charge on any atom is 0.373 e. The Hall–Kier alpha value is -1.50. The highest BCUT2D eigenvalue weighted by atomic mass is 32.2. The number of hydrogen-bond donors (Lipinski definition) is 1. The summed E-state index contributed by atoms with van der Waals surface area (Å²) in [7, 11) is -3.39. The molecule has 1 rings (SSSR count). The van der Waals surface area contributed by atoms with E-state index in [4.69, 9.17) is 5.11 Å². The van der Waals surface area contributed by atoms with Gasteiger partial charge in [0.15, 0.2) is 9.84 Å². The predicted molar refractivity (Wildman–Crippen MR) is 46.8 cm³/mol. The molecule has 14 heavy (non-hydrogen) atoms. The van der Waals surface area contributed by atoms with E-state index in [-0.39, 0.29) is 10.6 Å². The molecule has 0 saturated heterocycles. The molecule has 76 valence electrons. The first-order valence-corrected chi connectivity index (χ1v) is 5.48. The van der Waals surface area contributed by atoms with Crippen LogP contribution in [0.15, 0.2) is 11.1 Å². The molecular weight excluding hydrogens is 208 g/mol. The predicted octanol–water partition coefficient (Wildman–Crippen LogP) is -0.113. The van der Waals surface area contributed by atoms with Crippen LogP contribution >= 0.6 is 0 Å². The van der Waals surface area contributed by atoms with Crippen molar-refractivity contribution in [3.63, 3.8) is 0 Å². The van der Waals surface area contributed by atoms with Crippen LogP contribution in [0.25, 0.3) is 0 Å². The summed E-state index contributed by atoms with van der Waals surface area (Å²) in [5, 5.41) is 8.53. The number of carbonyl (C=O) groups is 1. The van der Waals surface area contributed by atoms with Crippen LogP contribution in [0.1, 0.15) is 16.3 Å². The van der Waals surface area contributed by atoms with Gasteiger partial charge in [-0.05, 0) is 6.92 Å². The van der Waals surface area contributed by atoms with Crippen molar-refractivity contribution in [1.82, 2.24) is 9.97 Å². The van der Waals surface area contributed by atoms with Gasteiger partial charge in [0, 0.05) is 6.26 Å². The smallest absolute Gasteiger partial charge is 0.373 e. The normalized spacial score (nSPS) is 11.3. The van der Waals surface area contributed by atoms with Crippen molar-refractivity contribution in [2.24, 2.45) is 0 Å². The highest BCUT2D eigenvalue weighted by Gasteiger charge is 2.15. The minimum Gasteiger partial charge on any atom is -0.475 e. The molecule has 0 amide bonds. The zero-order valence-corrected chi connectivity index (χ0v) is 8.37. The Morgan fingerprint density at radius 2 is 2.07 bits per heavy atom. The third kappa shape index (κ3) is 2.05. The second-order valence-electron chi connectivity index (χ2n) is 2.72. The fourth-order valence-electron chi connectivity index (χ4n) is 0.923. The Balaban J connectivity index is 3.35. The molecule has 0 atom stereocenters. The SMILES string of the molecule is Cc1nc(C(=O)O)ncc1S(C)(=O)=O. The van der Waals surface area contributed by atoms with Gasteiger partial charge in [-0.2, -0.15) is 0 Å². The molecule has 0 radical (unpaired) electrons. The van der Waals surface area contributed by atoms with Crippen LogP contribution in [-0.2, 0) is 9.84 Å². The zero-order chi connectivity index (χ0) is 10.9. The van der Waals surface area contributed by atoms with Gasteiger partial charge < -0.3 is 5.11 Å². The van der Waals surface area contributed by atoms with Crippen molar-refractivity contribution in [2.75, 3.05) is 6.26 Å². The van der Waals surface area contributed by atoms with Crippen LogP contribution in [0.2, 0.25) is 0 Å². The van der Waals surface area contributed by atoms with E-state index in [1.807, 2.05) is 0 Å². The molecule has 0 aliphatic heterocycles. The van der Waals surface area contributed by atoms with Gasteiger partial charge in [0.1, 0.15) is 4.90 Å². The van der Waals surface area contributed by atoms with Crippen LogP contribution in [-0.4, -0.2) is 35.7 Å². The lowest BCUT2D eigenvalue weighted by Gasteiger charge is -2.01. The van der Waals surface area contributed by atoms with E-state index in [2.05, 4.69) is 9.97 Å². The first-order chi connectivity index (χ1) is 6.32. The van der Waals surface area contributed by atoms with E-state index < -0.39 is 21.6 Å². The first kappa shape index (κ1) is 10.6.